The van der Waals surface area contributed by atoms with Crippen molar-refractivity contribution in [3.63, 3.8) is 0 Å². The van der Waals surface area contributed by atoms with Crippen LogP contribution in [0.3, 0.4) is 0 Å². The molecule has 0 atom stereocenters. The maximum Gasteiger partial charge on any atom is 0.294 e. The summed E-state index contributed by atoms with van der Waals surface area (Å²) in [5, 5.41) is 10.1. The van der Waals surface area contributed by atoms with Crippen LogP contribution < -0.4 is 4.74 Å². The van der Waals surface area contributed by atoms with Gasteiger partial charge in [0.15, 0.2) is 0 Å². The summed E-state index contributed by atoms with van der Waals surface area (Å²) in [7, 11) is -4.22. The minimum atomic E-state index is -4.22. The summed E-state index contributed by atoms with van der Waals surface area (Å²) >= 11 is 0. The van der Waals surface area contributed by atoms with Crippen molar-refractivity contribution in [2.24, 2.45) is 0 Å². The fraction of sp³-hybridized carbons (Fsp3) is 0.478. The third kappa shape index (κ3) is 8.46. The Hall–Kier alpha value is -2.05. The number of aryl methyl sites for hydroxylation is 1. The van der Waals surface area contributed by atoms with E-state index in [2.05, 4.69) is 6.92 Å². The van der Waals surface area contributed by atoms with E-state index in [0.717, 1.165) is 24.8 Å². The molecule has 0 amide bonds. The number of ether oxygens (including phenoxy) is 1. The number of hydrogen-bond donors (Lipinski definition) is 2. The molecule has 0 spiro atoms. The molecule has 0 heterocycles. The number of phenols is 1. The highest BCUT2D eigenvalue weighted by molar-refractivity contribution is 7.85. The van der Waals surface area contributed by atoms with Gasteiger partial charge in [-0.3, -0.25) is 4.55 Å². The fourth-order valence-corrected chi connectivity index (χ4v) is 3.75. The molecular formula is C23H32O5S. The van der Waals surface area contributed by atoms with E-state index < -0.39 is 10.1 Å². The molecule has 160 valence electrons. The Labute approximate surface area is 174 Å². The normalized spacial score (nSPS) is 11.5. The van der Waals surface area contributed by atoms with Gasteiger partial charge in [0.25, 0.3) is 10.1 Å². The topological polar surface area (TPSA) is 83.8 Å². The molecule has 0 aliphatic heterocycles. The van der Waals surface area contributed by atoms with Crippen molar-refractivity contribution in [1.82, 2.24) is 0 Å². The third-order valence-corrected chi connectivity index (χ3v) is 5.83. The molecule has 2 aromatic rings. The Balaban J connectivity index is 1.80. The van der Waals surface area contributed by atoms with E-state index in [1.807, 2.05) is 6.07 Å². The second kappa shape index (κ2) is 11.8. The molecular weight excluding hydrogens is 388 g/mol. The van der Waals surface area contributed by atoms with Crippen LogP contribution in [-0.4, -0.2) is 18.1 Å². The SMILES string of the molecule is CCCCCCCCCCCc1cc(Oc2ccc(S(=O)(=O)O)cc2)ccc1O. The lowest BCUT2D eigenvalue weighted by Crippen LogP contribution is -1.97. The van der Waals surface area contributed by atoms with Gasteiger partial charge in [0.05, 0.1) is 4.90 Å². The van der Waals surface area contributed by atoms with Crippen molar-refractivity contribution in [2.75, 3.05) is 0 Å². The van der Waals surface area contributed by atoms with Gasteiger partial charge in [0.2, 0.25) is 0 Å². The number of phenolic OH excluding ortho intramolecular Hbond substituents is 1. The summed E-state index contributed by atoms with van der Waals surface area (Å²) in [5.41, 5.74) is 0.847. The Morgan fingerprint density at radius 2 is 1.34 bits per heavy atom. The van der Waals surface area contributed by atoms with Crippen LogP contribution in [0.25, 0.3) is 0 Å². The molecule has 0 saturated carbocycles. The van der Waals surface area contributed by atoms with Gasteiger partial charge in [0, 0.05) is 0 Å². The van der Waals surface area contributed by atoms with Gasteiger partial charge >= 0.3 is 0 Å². The number of benzene rings is 2. The van der Waals surface area contributed by atoms with Crippen LogP contribution in [0.2, 0.25) is 0 Å². The van der Waals surface area contributed by atoms with Gasteiger partial charge in [0.1, 0.15) is 17.2 Å². The molecule has 0 unspecified atom stereocenters. The Bertz CT molecular complexity index is 844. The van der Waals surface area contributed by atoms with Gasteiger partial charge < -0.3 is 9.84 Å². The van der Waals surface area contributed by atoms with E-state index in [0.29, 0.717) is 11.5 Å². The van der Waals surface area contributed by atoms with Crippen molar-refractivity contribution in [1.29, 1.82) is 0 Å². The predicted molar refractivity (Wildman–Crippen MR) is 115 cm³/mol. The van der Waals surface area contributed by atoms with Crippen molar-refractivity contribution >= 4 is 10.1 Å². The molecule has 29 heavy (non-hydrogen) atoms. The molecule has 0 fully saturated rings. The average Bonchev–Trinajstić information content (AvgIpc) is 2.68. The minimum Gasteiger partial charge on any atom is -0.508 e. The summed E-state index contributed by atoms with van der Waals surface area (Å²) in [6.45, 7) is 2.23. The van der Waals surface area contributed by atoms with Crippen molar-refractivity contribution in [2.45, 2.75) is 76.0 Å². The molecule has 5 nitrogen and oxygen atoms in total. The molecule has 2 aromatic carbocycles. The smallest absolute Gasteiger partial charge is 0.294 e. The molecule has 0 radical (unpaired) electrons. The number of hydrogen-bond acceptors (Lipinski definition) is 4. The molecule has 0 aliphatic carbocycles. The molecule has 6 heteroatoms. The predicted octanol–water partition coefficient (Wildman–Crippen LogP) is 6.50. The lowest BCUT2D eigenvalue weighted by atomic mass is 10.0. The van der Waals surface area contributed by atoms with E-state index in [4.69, 9.17) is 9.29 Å². The van der Waals surface area contributed by atoms with Crippen LogP contribution in [0.5, 0.6) is 17.2 Å². The van der Waals surface area contributed by atoms with Crippen LogP contribution in [0.4, 0.5) is 0 Å². The first-order chi connectivity index (χ1) is 13.9. The van der Waals surface area contributed by atoms with E-state index >= 15 is 0 Å². The summed E-state index contributed by atoms with van der Waals surface area (Å²) in [5.74, 6) is 1.30. The maximum absolute atomic E-state index is 11.1. The highest BCUT2D eigenvalue weighted by Crippen LogP contribution is 2.29. The van der Waals surface area contributed by atoms with E-state index in [1.54, 1.807) is 12.1 Å². The minimum absolute atomic E-state index is 0.179. The Morgan fingerprint density at radius 1 is 0.793 bits per heavy atom. The zero-order chi connectivity index (χ0) is 21.1. The van der Waals surface area contributed by atoms with Gasteiger partial charge in [-0.15, -0.1) is 0 Å². The van der Waals surface area contributed by atoms with Gasteiger partial charge in [-0.1, -0.05) is 58.3 Å². The maximum atomic E-state index is 11.1. The quantitative estimate of drug-likeness (QED) is 0.285. The average molecular weight is 421 g/mol. The van der Waals surface area contributed by atoms with Crippen molar-refractivity contribution in [3.8, 4) is 17.2 Å². The highest BCUT2D eigenvalue weighted by Gasteiger charge is 2.10. The zero-order valence-corrected chi connectivity index (χ0v) is 18.0. The van der Waals surface area contributed by atoms with Crippen molar-refractivity contribution in [3.05, 3.63) is 48.0 Å². The number of unbranched alkanes of at least 4 members (excludes halogenated alkanes) is 8. The highest BCUT2D eigenvalue weighted by atomic mass is 32.2. The van der Waals surface area contributed by atoms with Gasteiger partial charge in [-0.2, -0.15) is 8.42 Å². The Morgan fingerprint density at radius 3 is 1.93 bits per heavy atom. The molecule has 0 saturated heterocycles. The largest absolute Gasteiger partial charge is 0.508 e. The monoisotopic (exact) mass is 420 g/mol. The molecule has 0 bridgehead atoms. The summed E-state index contributed by atoms with van der Waals surface area (Å²) in [6.07, 6.45) is 12.1. The Kier molecular flexibility index (Phi) is 9.48. The number of rotatable bonds is 13. The molecule has 2 N–H and O–H groups in total. The molecule has 2 rings (SSSR count). The first-order valence-electron chi connectivity index (χ1n) is 10.5. The van der Waals surface area contributed by atoms with E-state index in [9.17, 15) is 13.5 Å². The van der Waals surface area contributed by atoms with E-state index in [1.165, 1.54) is 69.2 Å². The summed E-state index contributed by atoms with van der Waals surface area (Å²) in [6, 6.07) is 10.6. The zero-order valence-electron chi connectivity index (χ0n) is 17.1. The first kappa shape index (κ1) is 23.2. The van der Waals surface area contributed by atoms with Gasteiger partial charge in [-0.05, 0) is 60.9 Å². The first-order valence-corrected chi connectivity index (χ1v) is 11.9. The fourth-order valence-electron chi connectivity index (χ4n) is 3.27. The van der Waals surface area contributed by atoms with E-state index in [-0.39, 0.29) is 10.6 Å². The second-order valence-corrected chi connectivity index (χ2v) is 8.84. The van der Waals surface area contributed by atoms with Crippen LogP contribution in [0.1, 0.15) is 70.3 Å². The summed E-state index contributed by atoms with van der Waals surface area (Å²) in [4.78, 5) is -0.179. The standard InChI is InChI=1S/C23H32O5S/c1-2-3-4-5-6-7-8-9-10-11-19-18-21(14-17-23(19)24)28-20-12-15-22(16-13-20)29(25,26)27/h12-18,24H,2-11H2,1H3,(H,25,26,27). The van der Waals surface area contributed by atoms with Crippen LogP contribution in [-0.2, 0) is 16.5 Å². The molecule has 0 aliphatic rings. The van der Waals surface area contributed by atoms with Crippen molar-refractivity contribution < 1.29 is 22.8 Å². The lowest BCUT2D eigenvalue weighted by molar-refractivity contribution is 0.455. The molecule has 0 aromatic heterocycles. The summed E-state index contributed by atoms with van der Waals surface area (Å²) < 4.78 is 37.0. The third-order valence-electron chi connectivity index (χ3n) is 4.96. The number of aromatic hydroxyl groups is 1. The van der Waals surface area contributed by atoms with Crippen LogP contribution in [0.15, 0.2) is 47.4 Å². The van der Waals surface area contributed by atoms with Crippen LogP contribution in [0, 0.1) is 0 Å². The lowest BCUT2D eigenvalue weighted by Gasteiger charge is -2.10. The second-order valence-electron chi connectivity index (χ2n) is 7.42. The van der Waals surface area contributed by atoms with Gasteiger partial charge in [-0.25, -0.2) is 0 Å². The van der Waals surface area contributed by atoms with Crippen LogP contribution >= 0.6 is 0 Å².